The van der Waals surface area contributed by atoms with E-state index in [2.05, 4.69) is 20.5 Å². The van der Waals surface area contributed by atoms with E-state index in [1.165, 1.54) is 10.7 Å². The topological polar surface area (TPSA) is 51.1 Å². The fourth-order valence-corrected chi connectivity index (χ4v) is 3.70. The summed E-state index contributed by atoms with van der Waals surface area (Å²) in [5.41, 5.74) is 0.452. The van der Waals surface area contributed by atoms with Crippen molar-refractivity contribution in [3.8, 4) is 5.75 Å². The summed E-state index contributed by atoms with van der Waals surface area (Å²) in [5.74, 6) is -0.0499. The Morgan fingerprint density at radius 2 is 2.06 bits per heavy atom. The van der Waals surface area contributed by atoms with Crippen molar-refractivity contribution in [3.63, 3.8) is 0 Å². The van der Waals surface area contributed by atoms with E-state index in [1.54, 1.807) is 19.1 Å². The molecule has 0 aliphatic heterocycles. The predicted molar refractivity (Wildman–Crippen MR) is 111 cm³/mol. The fourth-order valence-electron chi connectivity index (χ4n) is 3.09. The first kappa shape index (κ1) is 23.5. The Morgan fingerprint density at radius 1 is 1.35 bits per heavy atom. The number of hydrogen-bond acceptors (Lipinski definition) is 3. The number of alkyl halides is 5. The summed E-state index contributed by atoms with van der Waals surface area (Å²) in [5, 5.41) is 9.21. The van der Waals surface area contributed by atoms with Crippen molar-refractivity contribution in [2.75, 3.05) is 11.9 Å². The molecule has 1 aliphatic carbocycles. The maximum atomic E-state index is 13.1. The lowest BCUT2D eigenvalue weighted by atomic mass is 10.2. The van der Waals surface area contributed by atoms with E-state index in [9.17, 15) is 22.0 Å². The van der Waals surface area contributed by atoms with E-state index in [0.717, 1.165) is 18.4 Å². The van der Waals surface area contributed by atoms with Gasteiger partial charge in [0, 0.05) is 19.0 Å². The van der Waals surface area contributed by atoms with Crippen LogP contribution in [0.25, 0.3) is 0 Å². The number of thiocarbonyl (C=S) groups is 1. The molecule has 12 heteroatoms. The van der Waals surface area contributed by atoms with Crippen LogP contribution in [0.1, 0.15) is 42.1 Å². The zero-order chi connectivity index (χ0) is 22.8. The molecule has 1 aliphatic rings. The summed E-state index contributed by atoms with van der Waals surface area (Å²) >= 11 is 11.1. The van der Waals surface area contributed by atoms with E-state index in [0.29, 0.717) is 18.7 Å². The van der Waals surface area contributed by atoms with Crippen LogP contribution in [0.2, 0.25) is 5.02 Å². The van der Waals surface area contributed by atoms with E-state index >= 15 is 0 Å². The summed E-state index contributed by atoms with van der Waals surface area (Å²) in [4.78, 5) is 0. The molecule has 3 rings (SSSR count). The van der Waals surface area contributed by atoms with Crippen molar-refractivity contribution in [3.05, 3.63) is 40.2 Å². The summed E-state index contributed by atoms with van der Waals surface area (Å²) in [6.45, 7) is -0.643. The number of rotatable bonds is 8. The van der Waals surface area contributed by atoms with E-state index in [-0.39, 0.29) is 34.0 Å². The number of benzene rings is 1. The standard InChI is InChI=1S/C19H20ClF5N4OS/c1-10-3-6-13(30-17(21)22)12(9-10)27-18(31)26-7-2-8-29-15(11-4-5-11)14(20)16(28-29)19(23,24)25/h3,6,9,11,17H,2,4-5,7-8H2,1H3,(H2,26,27,31). The van der Waals surface area contributed by atoms with Gasteiger partial charge < -0.3 is 15.4 Å². The number of aryl methyl sites for hydroxylation is 2. The molecule has 0 bridgehead atoms. The number of ether oxygens (including phenoxy) is 1. The monoisotopic (exact) mass is 482 g/mol. The summed E-state index contributed by atoms with van der Waals surface area (Å²) in [6, 6.07) is 4.64. The third kappa shape index (κ3) is 6.19. The third-order valence-electron chi connectivity index (χ3n) is 4.60. The van der Waals surface area contributed by atoms with Gasteiger partial charge in [-0.2, -0.15) is 27.1 Å². The summed E-state index contributed by atoms with van der Waals surface area (Å²) in [7, 11) is 0. The van der Waals surface area contributed by atoms with Gasteiger partial charge in [0.1, 0.15) is 5.75 Å². The van der Waals surface area contributed by atoms with Gasteiger partial charge in [-0.25, -0.2) is 0 Å². The molecule has 2 aromatic rings. The quantitative estimate of drug-likeness (QED) is 0.286. The molecule has 0 radical (unpaired) electrons. The largest absolute Gasteiger partial charge is 0.436 e. The second-order valence-corrected chi connectivity index (χ2v) is 7.94. The Morgan fingerprint density at radius 3 is 2.68 bits per heavy atom. The van der Waals surface area contributed by atoms with Gasteiger partial charge in [0.2, 0.25) is 0 Å². The van der Waals surface area contributed by atoms with Crippen molar-refractivity contribution >= 4 is 34.6 Å². The molecule has 31 heavy (non-hydrogen) atoms. The van der Waals surface area contributed by atoms with Crippen molar-refractivity contribution in [1.82, 2.24) is 15.1 Å². The van der Waals surface area contributed by atoms with Crippen LogP contribution in [0.15, 0.2) is 18.2 Å². The van der Waals surface area contributed by atoms with Gasteiger partial charge >= 0.3 is 12.8 Å². The zero-order valence-corrected chi connectivity index (χ0v) is 18.0. The Kier molecular flexibility index (Phi) is 7.25. The average Bonchev–Trinajstić information content (AvgIpc) is 3.43. The van der Waals surface area contributed by atoms with Gasteiger partial charge in [0.05, 0.1) is 16.4 Å². The predicted octanol–water partition coefficient (Wildman–Crippen LogP) is 5.72. The molecule has 1 fully saturated rings. The highest BCUT2D eigenvalue weighted by atomic mass is 35.5. The molecule has 1 heterocycles. The SMILES string of the molecule is Cc1ccc(OC(F)F)c(NC(=S)NCCCn2nc(C(F)(F)F)c(Cl)c2C2CC2)c1. The molecule has 1 aromatic carbocycles. The van der Waals surface area contributed by atoms with Gasteiger partial charge in [-0.1, -0.05) is 17.7 Å². The molecular formula is C19H20ClF5N4OS. The molecule has 1 saturated carbocycles. The van der Waals surface area contributed by atoms with Crippen LogP contribution < -0.4 is 15.4 Å². The molecule has 2 N–H and O–H groups in total. The zero-order valence-electron chi connectivity index (χ0n) is 16.4. The first-order valence-electron chi connectivity index (χ1n) is 9.50. The van der Waals surface area contributed by atoms with Crippen molar-refractivity contribution < 1.29 is 26.7 Å². The fraction of sp³-hybridized carbons (Fsp3) is 0.474. The van der Waals surface area contributed by atoms with Gasteiger partial charge in [0.25, 0.3) is 0 Å². The van der Waals surface area contributed by atoms with E-state index in [4.69, 9.17) is 23.8 Å². The lowest BCUT2D eigenvalue weighted by Crippen LogP contribution is -2.30. The Balaban J connectivity index is 1.56. The molecule has 1 aromatic heterocycles. The number of nitrogens with one attached hydrogen (secondary N) is 2. The van der Waals surface area contributed by atoms with Crippen LogP contribution in [0.4, 0.5) is 27.6 Å². The highest BCUT2D eigenvalue weighted by molar-refractivity contribution is 7.80. The lowest BCUT2D eigenvalue weighted by Gasteiger charge is -2.15. The maximum absolute atomic E-state index is 13.1. The minimum absolute atomic E-state index is 0.00128. The molecule has 0 saturated heterocycles. The second kappa shape index (κ2) is 9.56. The van der Waals surface area contributed by atoms with Crippen LogP contribution in [-0.4, -0.2) is 28.0 Å². The van der Waals surface area contributed by atoms with Crippen molar-refractivity contribution in [2.24, 2.45) is 0 Å². The smallest absolute Gasteiger partial charge is 0.433 e. The molecular weight excluding hydrogens is 463 g/mol. The number of aromatic nitrogens is 2. The molecule has 170 valence electrons. The van der Waals surface area contributed by atoms with Gasteiger partial charge in [-0.3, -0.25) is 4.68 Å². The van der Waals surface area contributed by atoms with E-state index in [1.807, 2.05) is 0 Å². The minimum Gasteiger partial charge on any atom is -0.433 e. The first-order valence-corrected chi connectivity index (χ1v) is 10.3. The molecule has 0 spiro atoms. The third-order valence-corrected chi connectivity index (χ3v) is 5.21. The van der Waals surface area contributed by atoms with Crippen molar-refractivity contribution in [2.45, 2.75) is 51.4 Å². The van der Waals surface area contributed by atoms with Gasteiger partial charge in [0.15, 0.2) is 10.8 Å². The average molecular weight is 483 g/mol. The number of nitrogens with zero attached hydrogens (tertiary/aromatic N) is 2. The van der Waals surface area contributed by atoms with Crippen LogP contribution in [-0.2, 0) is 12.7 Å². The molecule has 0 unspecified atom stereocenters. The second-order valence-electron chi connectivity index (χ2n) is 7.16. The lowest BCUT2D eigenvalue weighted by molar-refractivity contribution is -0.141. The van der Waals surface area contributed by atoms with E-state index < -0.39 is 18.5 Å². The number of hydrogen-bond donors (Lipinski definition) is 2. The molecule has 0 atom stereocenters. The summed E-state index contributed by atoms with van der Waals surface area (Å²) in [6.07, 6.45) is -2.62. The highest BCUT2D eigenvalue weighted by Crippen LogP contribution is 2.46. The highest BCUT2D eigenvalue weighted by Gasteiger charge is 2.41. The van der Waals surface area contributed by atoms with Gasteiger partial charge in [-0.15, -0.1) is 0 Å². The Hall–Kier alpha value is -2.14. The van der Waals surface area contributed by atoms with Crippen LogP contribution in [0.5, 0.6) is 5.75 Å². The Labute approximate surface area is 185 Å². The minimum atomic E-state index is -4.61. The molecule has 5 nitrogen and oxygen atoms in total. The molecule has 0 amide bonds. The maximum Gasteiger partial charge on any atom is 0.436 e. The van der Waals surface area contributed by atoms with Crippen LogP contribution in [0, 0.1) is 6.92 Å². The van der Waals surface area contributed by atoms with Crippen LogP contribution >= 0.6 is 23.8 Å². The van der Waals surface area contributed by atoms with Gasteiger partial charge in [-0.05, 0) is 56.1 Å². The van der Waals surface area contributed by atoms with Crippen LogP contribution in [0.3, 0.4) is 0 Å². The number of anilines is 1. The first-order chi connectivity index (χ1) is 14.6. The van der Waals surface area contributed by atoms with Crippen molar-refractivity contribution in [1.29, 1.82) is 0 Å². The number of halogens is 6. The Bertz CT molecular complexity index is 946. The normalized spacial score (nSPS) is 14.1. The summed E-state index contributed by atoms with van der Waals surface area (Å²) < 4.78 is 70.2.